The first-order valence-corrected chi connectivity index (χ1v) is 9.70. The quantitative estimate of drug-likeness (QED) is 0.793. The summed E-state index contributed by atoms with van der Waals surface area (Å²) in [5.41, 5.74) is 0.0371. The molecule has 1 aromatic carbocycles. The van der Waals surface area contributed by atoms with Crippen molar-refractivity contribution in [2.24, 2.45) is 0 Å². The summed E-state index contributed by atoms with van der Waals surface area (Å²) < 4.78 is 24.5. The Morgan fingerprint density at radius 2 is 1.95 bits per heavy atom. The summed E-state index contributed by atoms with van der Waals surface area (Å²) in [6, 6.07) is 3.37. The van der Waals surface area contributed by atoms with E-state index in [-0.39, 0.29) is 11.3 Å². The molecule has 0 unspecified atom stereocenters. The molecule has 4 nitrogen and oxygen atoms in total. The molecule has 0 aliphatic heterocycles. The van der Waals surface area contributed by atoms with E-state index in [1.165, 1.54) is 11.8 Å². The van der Waals surface area contributed by atoms with Crippen molar-refractivity contribution in [3.05, 3.63) is 22.2 Å². The van der Waals surface area contributed by atoms with Crippen LogP contribution in [0.2, 0.25) is 0 Å². The topological polar surface area (TPSA) is 71.4 Å². The first-order chi connectivity index (χ1) is 8.99. The lowest BCUT2D eigenvalue weighted by Crippen LogP contribution is -2.22. The number of aliphatic carboxylic acids is 1. The van der Waals surface area contributed by atoms with Crippen molar-refractivity contribution in [3.63, 3.8) is 0 Å². The maximum Gasteiger partial charge on any atom is 0.304 e. The highest BCUT2D eigenvalue weighted by Crippen LogP contribution is 2.38. The van der Waals surface area contributed by atoms with Gasteiger partial charge in [-0.05, 0) is 39.9 Å². The van der Waals surface area contributed by atoms with Crippen LogP contribution in [0.25, 0.3) is 0 Å². The minimum atomic E-state index is -3.38. The molecule has 0 saturated heterocycles. The predicted octanol–water partition coefficient (Wildman–Crippen LogP) is 3.33. The zero-order chi connectivity index (χ0) is 15.7. The molecule has 1 rings (SSSR count). The third-order valence-electron chi connectivity index (χ3n) is 2.99. The average Bonchev–Trinajstić information content (AvgIpc) is 2.24. The lowest BCUT2D eigenvalue weighted by Gasteiger charge is -2.25. The molecule has 0 saturated carbocycles. The molecule has 0 fully saturated rings. The fraction of sp³-hybridized carbons (Fsp3) is 0.462. The van der Waals surface area contributed by atoms with Gasteiger partial charge < -0.3 is 5.11 Å². The fourth-order valence-electron chi connectivity index (χ4n) is 1.91. The van der Waals surface area contributed by atoms with Gasteiger partial charge in [0.1, 0.15) is 0 Å². The summed E-state index contributed by atoms with van der Waals surface area (Å²) in [4.78, 5) is 11.8. The summed E-state index contributed by atoms with van der Waals surface area (Å²) in [6.07, 6.45) is 2.89. The van der Waals surface area contributed by atoms with Gasteiger partial charge in [-0.3, -0.25) is 4.79 Å². The van der Waals surface area contributed by atoms with Gasteiger partial charge in [0.15, 0.2) is 9.84 Å². The molecule has 0 bridgehead atoms. The van der Waals surface area contributed by atoms with Crippen LogP contribution in [-0.4, -0.2) is 32.0 Å². The van der Waals surface area contributed by atoms with Gasteiger partial charge in [0.2, 0.25) is 0 Å². The van der Waals surface area contributed by atoms with Gasteiger partial charge >= 0.3 is 5.97 Å². The SMILES string of the molecule is CSc1c(Br)cc(C(C)(C)CC(=O)O)cc1S(C)(=O)=O. The number of hydrogen-bond acceptors (Lipinski definition) is 4. The molecule has 0 spiro atoms. The summed E-state index contributed by atoms with van der Waals surface area (Å²) in [5, 5.41) is 8.98. The molecule has 1 N–H and O–H groups in total. The first kappa shape index (κ1) is 17.5. The second-order valence-electron chi connectivity index (χ2n) is 5.22. The predicted molar refractivity (Wildman–Crippen MR) is 84.3 cm³/mol. The van der Waals surface area contributed by atoms with Crippen molar-refractivity contribution in [1.29, 1.82) is 0 Å². The second kappa shape index (κ2) is 6.07. The molecule has 7 heteroatoms. The lowest BCUT2D eigenvalue weighted by atomic mass is 9.82. The molecule has 0 atom stereocenters. The normalized spacial score (nSPS) is 12.4. The highest BCUT2D eigenvalue weighted by atomic mass is 79.9. The number of benzene rings is 1. The number of carboxylic acids is 1. The molecule has 0 heterocycles. The van der Waals surface area contributed by atoms with E-state index in [4.69, 9.17) is 5.11 Å². The van der Waals surface area contributed by atoms with Crippen LogP contribution in [0.4, 0.5) is 0 Å². The van der Waals surface area contributed by atoms with Crippen LogP contribution in [0.3, 0.4) is 0 Å². The number of carbonyl (C=O) groups is 1. The van der Waals surface area contributed by atoms with Crippen LogP contribution in [0.5, 0.6) is 0 Å². The highest BCUT2D eigenvalue weighted by molar-refractivity contribution is 9.10. The molecule has 0 radical (unpaired) electrons. The van der Waals surface area contributed by atoms with Crippen LogP contribution in [-0.2, 0) is 20.0 Å². The molecule has 0 aliphatic rings. The standard InChI is InChI=1S/C13H17BrO4S2/c1-13(2,7-11(15)16)8-5-9(14)12(19-3)10(6-8)20(4,17)18/h5-6H,7H2,1-4H3,(H,15,16). The van der Waals surface area contributed by atoms with E-state index in [1.54, 1.807) is 32.2 Å². The van der Waals surface area contributed by atoms with E-state index in [1.807, 2.05) is 0 Å². The molecular weight excluding hydrogens is 364 g/mol. The van der Waals surface area contributed by atoms with E-state index in [9.17, 15) is 13.2 Å². The Labute approximate surface area is 132 Å². The molecule has 0 aromatic heterocycles. The van der Waals surface area contributed by atoms with Crippen molar-refractivity contribution < 1.29 is 18.3 Å². The Morgan fingerprint density at radius 1 is 1.40 bits per heavy atom. The zero-order valence-electron chi connectivity index (χ0n) is 11.7. The number of carboxylic acid groups (broad SMARTS) is 1. The maximum atomic E-state index is 11.9. The highest BCUT2D eigenvalue weighted by Gasteiger charge is 2.27. The van der Waals surface area contributed by atoms with Gasteiger partial charge in [-0.1, -0.05) is 13.8 Å². The van der Waals surface area contributed by atoms with Gasteiger partial charge in [0, 0.05) is 21.0 Å². The monoisotopic (exact) mass is 380 g/mol. The van der Waals surface area contributed by atoms with Gasteiger partial charge in [-0.15, -0.1) is 11.8 Å². The van der Waals surface area contributed by atoms with Crippen molar-refractivity contribution in [3.8, 4) is 0 Å². The molecule has 112 valence electrons. The summed E-state index contributed by atoms with van der Waals surface area (Å²) in [6.45, 7) is 3.57. The number of thioether (sulfide) groups is 1. The Kier molecular flexibility index (Phi) is 5.32. The smallest absolute Gasteiger partial charge is 0.304 e. The zero-order valence-corrected chi connectivity index (χ0v) is 14.9. The Bertz CT molecular complexity index is 636. The van der Waals surface area contributed by atoms with Gasteiger partial charge in [0.05, 0.1) is 11.3 Å². The minimum absolute atomic E-state index is 0.0682. The largest absolute Gasteiger partial charge is 0.481 e. The Morgan fingerprint density at radius 3 is 2.35 bits per heavy atom. The molecular formula is C13H17BrO4S2. The summed E-state index contributed by atoms with van der Waals surface area (Å²) in [7, 11) is -3.38. The minimum Gasteiger partial charge on any atom is -0.481 e. The van der Waals surface area contributed by atoms with Crippen LogP contribution in [0.1, 0.15) is 25.8 Å². The van der Waals surface area contributed by atoms with Crippen molar-refractivity contribution in [2.45, 2.75) is 35.5 Å². The Balaban J connectivity index is 3.54. The third-order valence-corrected chi connectivity index (χ3v) is 5.97. The molecule has 0 amide bonds. The van der Waals surface area contributed by atoms with E-state index >= 15 is 0 Å². The van der Waals surface area contributed by atoms with Gasteiger partial charge in [0.25, 0.3) is 0 Å². The molecule has 1 aromatic rings. The third kappa shape index (κ3) is 3.99. The van der Waals surface area contributed by atoms with Crippen LogP contribution >= 0.6 is 27.7 Å². The van der Waals surface area contributed by atoms with Gasteiger partial charge in [-0.2, -0.15) is 0 Å². The summed E-state index contributed by atoms with van der Waals surface area (Å²) in [5.74, 6) is -0.916. The number of hydrogen-bond donors (Lipinski definition) is 1. The van der Waals surface area contributed by atoms with Crippen molar-refractivity contribution in [1.82, 2.24) is 0 Å². The van der Waals surface area contributed by atoms with Crippen LogP contribution in [0, 0.1) is 0 Å². The molecule has 20 heavy (non-hydrogen) atoms. The van der Waals surface area contributed by atoms with E-state index in [2.05, 4.69) is 15.9 Å². The second-order valence-corrected chi connectivity index (χ2v) is 8.87. The lowest BCUT2D eigenvalue weighted by molar-refractivity contribution is -0.138. The van der Waals surface area contributed by atoms with Crippen LogP contribution in [0.15, 0.2) is 26.4 Å². The number of sulfone groups is 1. The molecule has 0 aliphatic carbocycles. The van der Waals surface area contributed by atoms with Gasteiger partial charge in [-0.25, -0.2) is 8.42 Å². The Hall–Kier alpha value is -0.530. The first-order valence-electron chi connectivity index (χ1n) is 5.79. The average molecular weight is 381 g/mol. The van der Waals surface area contributed by atoms with E-state index in [0.29, 0.717) is 14.9 Å². The summed E-state index contributed by atoms with van der Waals surface area (Å²) >= 11 is 4.72. The van der Waals surface area contributed by atoms with Crippen molar-refractivity contribution >= 4 is 43.5 Å². The van der Waals surface area contributed by atoms with Crippen molar-refractivity contribution in [2.75, 3.05) is 12.5 Å². The number of rotatable bonds is 5. The fourth-order valence-corrected chi connectivity index (χ4v) is 5.00. The van der Waals surface area contributed by atoms with Crippen LogP contribution < -0.4 is 0 Å². The maximum absolute atomic E-state index is 11.9. The van der Waals surface area contributed by atoms with E-state index < -0.39 is 21.2 Å². The number of halogens is 1. The van der Waals surface area contributed by atoms with E-state index in [0.717, 1.165) is 6.26 Å².